The minimum Gasteiger partial charge on any atom is -0.497 e. The van der Waals surface area contributed by atoms with Crippen LogP contribution in [0.1, 0.15) is 25.7 Å². The SMILES string of the molecule is COc1cccc(NC(=O)CCC2CCCN2)c1.Cl. The average Bonchev–Trinajstić information content (AvgIpc) is 2.90. The van der Waals surface area contributed by atoms with Gasteiger partial charge >= 0.3 is 0 Å². The molecule has 2 rings (SSSR count). The number of carbonyl (C=O) groups excluding carboxylic acids is 1. The first-order chi connectivity index (χ1) is 8.78. The summed E-state index contributed by atoms with van der Waals surface area (Å²) >= 11 is 0. The number of rotatable bonds is 5. The number of amides is 1. The third kappa shape index (κ3) is 5.09. The van der Waals surface area contributed by atoms with Gasteiger partial charge < -0.3 is 15.4 Å². The van der Waals surface area contributed by atoms with E-state index in [-0.39, 0.29) is 18.3 Å². The molecule has 4 nitrogen and oxygen atoms in total. The predicted molar refractivity (Wildman–Crippen MR) is 79.1 cm³/mol. The Morgan fingerprint density at radius 1 is 1.53 bits per heavy atom. The third-order valence-electron chi connectivity index (χ3n) is 3.24. The molecule has 1 amide bonds. The highest BCUT2D eigenvalue weighted by Crippen LogP contribution is 2.17. The van der Waals surface area contributed by atoms with E-state index in [1.54, 1.807) is 7.11 Å². The van der Waals surface area contributed by atoms with Crippen molar-refractivity contribution in [3.63, 3.8) is 0 Å². The van der Waals surface area contributed by atoms with Crippen molar-refractivity contribution in [1.29, 1.82) is 0 Å². The van der Waals surface area contributed by atoms with Gasteiger partial charge in [0, 0.05) is 24.2 Å². The Balaban J connectivity index is 0.00000180. The van der Waals surface area contributed by atoms with Gasteiger partial charge in [-0.05, 0) is 37.9 Å². The summed E-state index contributed by atoms with van der Waals surface area (Å²) in [5, 5.41) is 6.29. The molecule has 1 heterocycles. The number of carbonyl (C=O) groups is 1. The summed E-state index contributed by atoms with van der Waals surface area (Å²) in [4.78, 5) is 11.8. The van der Waals surface area contributed by atoms with Crippen LogP contribution >= 0.6 is 12.4 Å². The molecule has 106 valence electrons. The van der Waals surface area contributed by atoms with Crippen molar-refractivity contribution >= 4 is 24.0 Å². The summed E-state index contributed by atoms with van der Waals surface area (Å²) in [7, 11) is 1.62. The highest BCUT2D eigenvalue weighted by atomic mass is 35.5. The van der Waals surface area contributed by atoms with Gasteiger partial charge in [-0.3, -0.25) is 4.79 Å². The van der Waals surface area contributed by atoms with Crippen molar-refractivity contribution in [3.05, 3.63) is 24.3 Å². The second-order valence-electron chi connectivity index (χ2n) is 4.61. The Labute approximate surface area is 120 Å². The van der Waals surface area contributed by atoms with Crippen molar-refractivity contribution in [2.45, 2.75) is 31.7 Å². The van der Waals surface area contributed by atoms with E-state index in [1.807, 2.05) is 24.3 Å². The van der Waals surface area contributed by atoms with E-state index in [0.29, 0.717) is 12.5 Å². The molecule has 2 N–H and O–H groups in total. The lowest BCUT2D eigenvalue weighted by atomic mass is 10.1. The zero-order valence-corrected chi connectivity index (χ0v) is 12.0. The highest BCUT2D eigenvalue weighted by molar-refractivity contribution is 5.90. The molecule has 0 bridgehead atoms. The topological polar surface area (TPSA) is 50.4 Å². The predicted octanol–water partition coefficient (Wildman–Crippen LogP) is 2.59. The fourth-order valence-corrected chi connectivity index (χ4v) is 2.23. The summed E-state index contributed by atoms with van der Waals surface area (Å²) in [5.41, 5.74) is 0.790. The molecule has 1 unspecified atom stereocenters. The number of anilines is 1. The number of halogens is 1. The van der Waals surface area contributed by atoms with Gasteiger partial charge in [-0.1, -0.05) is 6.07 Å². The van der Waals surface area contributed by atoms with Crippen molar-refractivity contribution in [1.82, 2.24) is 5.32 Å². The lowest BCUT2D eigenvalue weighted by Crippen LogP contribution is -2.23. The molecular formula is C14H21ClN2O2. The molecular weight excluding hydrogens is 264 g/mol. The van der Waals surface area contributed by atoms with Crippen LogP contribution in [0.25, 0.3) is 0 Å². The van der Waals surface area contributed by atoms with Crippen LogP contribution in [0, 0.1) is 0 Å². The first kappa shape index (κ1) is 15.8. The minimum atomic E-state index is 0. The van der Waals surface area contributed by atoms with Crippen LogP contribution in [-0.4, -0.2) is 25.6 Å². The van der Waals surface area contributed by atoms with E-state index < -0.39 is 0 Å². The largest absolute Gasteiger partial charge is 0.497 e. The van der Waals surface area contributed by atoms with Crippen LogP contribution in [0.15, 0.2) is 24.3 Å². The molecule has 0 saturated carbocycles. The second-order valence-corrected chi connectivity index (χ2v) is 4.61. The summed E-state index contributed by atoms with van der Waals surface area (Å²) in [6, 6.07) is 7.94. The Bertz CT molecular complexity index is 406. The van der Waals surface area contributed by atoms with Crippen molar-refractivity contribution in [2.24, 2.45) is 0 Å². The molecule has 19 heavy (non-hydrogen) atoms. The Morgan fingerprint density at radius 2 is 2.37 bits per heavy atom. The molecule has 0 radical (unpaired) electrons. The second kappa shape index (κ2) is 8.02. The number of benzene rings is 1. The molecule has 0 aliphatic carbocycles. The van der Waals surface area contributed by atoms with Crippen LogP contribution < -0.4 is 15.4 Å². The maximum absolute atomic E-state index is 11.8. The van der Waals surface area contributed by atoms with Gasteiger partial charge in [-0.2, -0.15) is 0 Å². The summed E-state index contributed by atoms with van der Waals surface area (Å²) in [6.07, 6.45) is 3.89. The van der Waals surface area contributed by atoms with Crippen molar-refractivity contribution < 1.29 is 9.53 Å². The summed E-state index contributed by atoms with van der Waals surface area (Å²) in [5.74, 6) is 0.821. The quantitative estimate of drug-likeness (QED) is 0.874. The van der Waals surface area contributed by atoms with Crippen LogP contribution in [0.3, 0.4) is 0 Å². The van der Waals surface area contributed by atoms with E-state index in [9.17, 15) is 4.79 Å². The maximum atomic E-state index is 11.8. The van der Waals surface area contributed by atoms with Gasteiger partial charge in [-0.25, -0.2) is 0 Å². The Hall–Kier alpha value is -1.26. The molecule has 1 fully saturated rings. The monoisotopic (exact) mass is 284 g/mol. The number of ether oxygens (including phenoxy) is 1. The number of hydrogen-bond acceptors (Lipinski definition) is 3. The molecule has 0 spiro atoms. The molecule has 1 aliphatic heterocycles. The Kier molecular flexibility index (Phi) is 6.67. The summed E-state index contributed by atoms with van der Waals surface area (Å²) < 4.78 is 5.12. The van der Waals surface area contributed by atoms with E-state index >= 15 is 0 Å². The van der Waals surface area contributed by atoms with Crippen LogP contribution in [0.5, 0.6) is 5.75 Å². The molecule has 0 aromatic heterocycles. The van der Waals surface area contributed by atoms with Gasteiger partial charge in [0.25, 0.3) is 0 Å². The van der Waals surface area contributed by atoms with Gasteiger partial charge in [0.2, 0.25) is 5.91 Å². The highest BCUT2D eigenvalue weighted by Gasteiger charge is 2.15. The maximum Gasteiger partial charge on any atom is 0.224 e. The first-order valence-corrected chi connectivity index (χ1v) is 6.45. The van der Waals surface area contributed by atoms with Gasteiger partial charge in [0.1, 0.15) is 5.75 Å². The minimum absolute atomic E-state index is 0. The van der Waals surface area contributed by atoms with Crippen LogP contribution in [0.2, 0.25) is 0 Å². The van der Waals surface area contributed by atoms with Gasteiger partial charge in [0.05, 0.1) is 7.11 Å². The third-order valence-corrected chi connectivity index (χ3v) is 3.24. The standard InChI is InChI=1S/C14H20N2O2.ClH/c1-18-13-6-2-4-12(10-13)16-14(17)8-7-11-5-3-9-15-11;/h2,4,6,10-11,15H,3,5,7-9H2,1H3,(H,16,17);1H. The normalized spacial score (nSPS) is 17.6. The Morgan fingerprint density at radius 3 is 3.05 bits per heavy atom. The molecule has 1 saturated heterocycles. The fourth-order valence-electron chi connectivity index (χ4n) is 2.23. The van der Waals surface area contributed by atoms with E-state index in [0.717, 1.165) is 24.4 Å². The number of hydrogen-bond donors (Lipinski definition) is 2. The lowest BCUT2D eigenvalue weighted by Gasteiger charge is -2.10. The molecule has 1 aliphatic rings. The van der Waals surface area contributed by atoms with Gasteiger partial charge in [0.15, 0.2) is 0 Å². The zero-order chi connectivity index (χ0) is 12.8. The number of nitrogens with one attached hydrogen (secondary N) is 2. The van der Waals surface area contributed by atoms with Crippen LogP contribution in [-0.2, 0) is 4.79 Å². The van der Waals surface area contributed by atoms with Gasteiger partial charge in [-0.15, -0.1) is 12.4 Å². The van der Waals surface area contributed by atoms with E-state index in [1.165, 1.54) is 12.8 Å². The summed E-state index contributed by atoms with van der Waals surface area (Å²) in [6.45, 7) is 1.09. The zero-order valence-electron chi connectivity index (χ0n) is 11.1. The number of methoxy groups -OCH3 is 1. The van der Waals surface area contributed by atoms with Crippen molar-refractivity contribution in [2.75, 3.05) is 19.0 Å². The van der Waals surface area contributed by atoms with E-state index in [2.05, 4.69) is 10.6 Å². The molecule has 1 atom stereocenters. The van der Waals surface area contributed by atoms with Crippen LogP contribution in [0.4, 0.5) is 5.69 Å². The lowest BCUT2D eigenvalue weighted by molar-refractivity contribution is -0.116. The smallest absolute Gasteiger partial charge is 0.224 e. The van der Waals surface area contributed by atoms with Crippen molar-refractivity contribution in [3.8, 4) is 5.75 Å². The first-order valence-electron chi connectivity index (χ1n) is 6.45. The van der Waals surface area contributed by atoms with E-state index in [4.69, 9.17) is 4.74 Å². The fraction of sp³-hybridized carbons (Fsp3) is 0.500. The molecule has 1 aromatic carbocycles. The molecule has 1 aromatic rings. The average molecular weight is 285 g/mol. The molecule has 5 heteroatoms.